The van der Waals surface area contributed by atoms with E-state index in [0.717, 1.165) is 6.42 Å². The summed E-state index contributed by atoms with van der Waals surface area (Å²) >= 11 is 0. The summed E-state index contributed by atoms with van der Waals surface area (Å²) in [6.07, 6.45) is 4.93. The Labute approximate surface area is 205 Å². The van der Waals surface area contributed by atoms with Crippen molar-refractivity contribution in [3.63, 3.8) is 0 Å². The molecule has 4 aliphatic carbocycles. The Morgan fingerprint density at radius 2 is 1.97 bits per heavy atom. The SMILES string of the molecule is CCCC1O[C@@H]2C[C@H]3[C@@H]4CC(O)C5=CC(=O)C=C[C@]5(C)[C@H]4[C@@H](O)C[C@]3(C)[C@]2(C(=O)COC(C)=O)O1. The van der Waals surface area contributed by atoms with Crippen molar-refractivity contribution in [2.75, 3.05) is 6.61 Å². The van der Waals surface area contributed by atoms with Crippen molar-refractivity contribution >= 4 is 17.5 Å². The van der Waals surface area contributed by atoms with Gasteiger partial charge in [0.15, 0.2) is 24.3 Å². The van der Waals surface area contributed by atoms with Gasteiger partial charge < -0.3 is 24.4 Å². The molecule has 0 bridgehead atoms. The molecule has 2 unspecified atom stereocenters. The van der Waals surface area contributed by atoms with Crippen molar-refractivity contribution in [1.29, 1.82) is 0 Å². The Hall–Kier alpha value is -1.87. The van der Waals surface area contributed by atoms with Crippen molar-refractivity contribution in [1.82, 2.24) is 0 Å². The number of carbonyl (C=O) groups excluding carboxylic acids is 3. The average molecular weight is 489 g/mol. The number of carbonyl (C=O) groups is 3. The lowest BCUT2D eigenvalue weighted by molar-refractivity contribution is -0.204. The number of allylic oxidation sites excluding steroid dienone is 3. The molecule has 0 aromatic heterocycles. The number of aliphatic hydroxyl groups excluding tert-OH is 2. The Balaban J connectivity index is 1.55. The normalized spacial score (nSPS) is 47.9. The summed E-state index contributed by atoms with van der Waals surface area (Å²) in [4.78, 5) is 37.3. The average Bonchev–Trinajstić information content (AvgIpc) is 3.26. The van der Waals surface area contributed by atoms with E-state index in [0.29, 0.717) is 31.3 Å². The number of hydrogen-bond acceptors (Lipinski definition) is 8. The van der Waals surface area contributed by atoms with Crippen LogP contribution in [0, 0.1) is 28.6 Å². The van der Waals surface area contributed by atoms with Crippen LogP contribution in [0.25, 0.3) is 0 Å². The Morgan fingerprint density at radius 3 is 2.66 bits per heavy atom. The lowest BCUT2D eigenvalue weighted by Gasteiger charge is -2.60. The summed E-state index contributed by atoms with van der Waals surface area (Å²) in [7, 11) is 0. The van der Waals surface area contributed by atoms with Crippen LogP contribution in [-0.4, -0.2) is 64.6 Å². The molecular formula is C27H36O8. The molecule has 3 saturated carbocycles. The predicted molar refractivity (Wildman–Crippen MR) is 124 cm³/mol. The fourth-order valence-corrected chi connectivity index (χ4v) is 8.34. The van der Waals surface area contributed by atoms with E-state index in [-0.39, 0.29) is 29.3 Å². The van der Waals surface area contributed by atoms with Crippen molar-refractivity contribution in [2.24, 2.45) is 28.6 Å². The first kappa shape index (κ1) is 24.8. The zero-order chi connectivity index (χ0) is 25.3. The van der Waals surface area contributed by atoms with Gasteiger partial charge in [0.2, 0.25) is 5.78 Å². The van der Waals surface area contributed by atoms with Crippen LogP contribution < -0.4 is 0 Å². The molecule has 5 rings (SSSR count). The van der Waals surface area contributed by atoms with Gasteiger partial charge in [-0.15, -0.1) is 0 Å². The summed E-state index contributed by atoms with van der Waals surface area (Å²) in [5.41, 5.74) is -2.11. The van der Waals surface area contributed by atoms with E-state index in [2.05, 4.69) is 0 Å². The second kappa shape index (κ2) is 8.33. The minimum absolute atomic E-state index is 0.0659. The number of hydrogen-bond donors (Lipinski definition) is 2. The summed E-state index contributed by atoms with van der Waals surface area (Å²) < 4.78 is 17.9. The Kier molecular flexibility index (Phi) is 5.91. The van der Waals surface area contributed by atoms with Crippen LogP contribution in [0.2, 0.25) is 0 Å². The molecule has 8 heteroatoms. The first-order valence-corrected chi connectivity index (χ1v) is 12.8. The highest BCUT2D eigenvalue weighted by Crippen LogP contribution is 2.69. The Bertz CT molecular complexity index is 1000. The maximum absolute atomic E-state index is 13.8. The largest absolute Gasteiger partial charge is 0.458 e. The van der Waals surface area contributed by atoms with Crippen molar-refractivity contribution in [3.8, 4) is 0 Å². The van der Waals surface area contributed by atoms with Gasteiger partial charge in [0.05, 0.1) is 18.3 Å². The number of ether oxygens (including phenoxy) is 3. The van der Waals surface area contributed by atoms with Crippen LogP contribution in [0.5, 0.6) is 0 Å². The van der Waals surface area contributed by atoms with Gasteiger partial charge in [-0.1, -0.05) is 33.3 Å². The van der Waals surface area contributed by atoms with Gasteiger partial charge >= 0.3 is 5.97 Å². The summed E-state index contributed by atoms with van der Waals surface area (Å²) in [6.45, 7) is 6.85. The zero-order valence-electron chi connectivity index (χ0n) is 20.9. The van der Waals surface area contributed by atoms with Crippen LogP contribution in [0.4, 0.5) is 0 Å². The first-order chi connectivity index (χ1) is 16.5. The molecule has 0 spiro atoms. The monoisotopic (exact) mass is 488 g/mol. The molecule has 1 saturated heterocycles. The summed E-state index contributed by atoms with van der Waals surface area (Å²) in [6, 6.07) is 0. The molecular weight excluding hydrogens is 452 g/mol. The number of esters is 1. The fraction of sp³-hybridized carbons (Fsp3) is 0.741. The van der Waals surface area contributed by atoms with Crippen LogP contribution in [-0.2, 0) is 28.6 Å². The third-order valence-corrected chi connectivity index (χ3v) is 9.65. The van der Waals surface area contributed by atoms with Gasteiger partial charge in [-0.3, -0.25) is 14.4 Å². The van der Waals surface area contributed by atoms with Gasteiger partial charge in [0.1, 0.15) is 0 Å². The van der Waals surface area contributed by atoms with Gasteiger partial charge in [0, 0.05) is 23.7 Å². The van der Waals surface area contributed by atoms with E-state index in [1.807, 2.05) is 26.8 Å². The Morgan fingerprint density at radius 1 is 1.23 bits per heavy atom. The lowest BCUT2D eigenvalue weighted by Crippen LogP contribution is -2.64. The standard InChI is InChI=1S/C27H36O8/c1-5-6-23-34-22-11-17-16-10-19(30)18-9-15(29)7-8-25(18,3)24(16)20(31)12-26(17,4)27(22,35-23)21(32)13-33-14(2)28/h7-9,16-17,19-20,22-24,30-31H,5-6,10-13H2,1-4H3/t16-,17-,19?,20-,22+,23?,24+,25-,26-,27+/m0/s1. The molecule has 192 valence electrons. The van der Waals surface area contributed by atoms with Crippen LogP contribution in [0.3, 0.4) is 0 Å². The van der Waals surface area contributed by atoms with Gasteiger partial charge in [-0.25, -0.2) is 0 Å². The molecule has 5 aliphatic rings. The molecule has 1 heterocycles. The van der Waals surface area contributed by atoms with Crippen LogP contribution in [0.15, 0.2) is 23.8 Å². The second-order valence-electron chi connectivity index (χ2n) is 11.5. The number of rotatable bonds is 5. The second-order valence-corrected chi connectivity index (χ2v) is 11.5. The van der Waals surface area contributed by atoms with E-state index in [1.165, 1.54) is 19.1 Å². The molecule has 10 atom stereocenters. The first-order valence-electron chi connectivity index (χ1n) is 12.8. The number of Topliss-reactive ketones (excluding diaryl/α,β-unsaturated/α-hetero) is 1. The molecule has 1 aliphatic heterocycles. The number of ketones is 2. The van der Waals surface area contributed by atoms with Crippen LogP contribution >= 0.6 is 0 Å². The van der Waals surface area contributed by atoms with E-state index >= 15 is 0 Å². The minimum atomic E-state index is -1.33. The van der Waals surface area contributed by atoms with E-state index in [1.54, 1.807) is 0 Å². The predicted octanol–water partition coefficient (Wildman–Crippen LogP) is 2.26. The van der Waals surface area contributed by atoms with Crippen molar-refractivity contribution in [3.05, 3.63) is 23.8 Å². The zero-order valence-corrected chi connectivity index (χ0v) is 20.9. The smallest absolute Gasteiger partial charge is 0.303 e. The fourth-order valence-electron chi connectivity index (χ4n) is 8.34. The minimum Gasteiger partial charge on any atom is -0.458 e. The molecule has 0 aromatic rings. The highest BCUT2D eigenvalue weighted by molar-refractivity contribution is 6.01. The quantitative estimate of drug-likeness (QED) is 0.566. The molecule has 0 radical (unpaired) electrons. The maximum atomic E-state index is 13.8. The molecule has 0 aromatic carbocycles. The van der Waals surface area contributed by atoms with Gasteiger partial charge in [-0.05, 0) is 55.2 Å². The van der Waals surface area contributed by atoms with Gasteiger partial charge in [0.25, 0.3) is 0 Å². The highest BCUT2D eigenvalue weighted by atomic mass is 16.7. The van der Waals surface area contributed by atoms with Crippen molar-refractivity contribution < 1.29 is 38.8 Å². The van der Waals surface area contributed by atoms with E-state index < -0.39 is 53.6 Å². The number of fused-ring (bicyclic) bond motifs is 7. The lowest BCUT2D eigenvalue weighted by atomic mass is 9.45. The molecule has 2 N–H and O–H groups in total. The molecule has 0 amide bonds. The third-order valence-electron chi connectivity index (χ3n) is 9.65. The van der Waals surface area contributed by atoms with Crippen LogP contribution in [0.1, 0.15) is 59.8 Å². The van der Waals surface area contributed by atoms with Crippen molar-refractivity contribution in [2.45, 2.75) is 90.0 Å². The van der Waals surface area contributed by atoms with E-state index in [9.17, 15) is 24.6 Å². The summed E-state index contributed by atoms with van der Waals surface area (Å²) in [5, 5.41) is 22.8. The summed E-state index contributed by atoms with van der Waals surface area (Å²) in [5.74, 6) is -1.42. The molecule has 8 nitrogen and oxygen atoms in total. The molecule has 35 heavy (non-hydrogen) atoms. The van der Waals surface area contributed by atoms with Gasteiger partial charge in [-0.2, -0.15) is 0 Å². The topological polar surface area (TPSA) is 119 Å². The van der Waals surface area contributed by atoms with E-state index in [4.69, 9.17) is 14.2 Å². The maximum Gasteiger partial charge on any atom is 0.303 e. The third kappa shape index (κ3) is 3.36. The highest BCUT2D eigenvalue weighted by Gasteiger charge is 2.76. The molecule has 4 fully saturated rings. The number of aliphatic hydroxyl groups is 2.